The highest BCUT2D eigenvalue weighted by atomic mass is 16.5. The Morgan fingerprint density at radius 2 is 1.79 bits per heavy atom. The number of rotatable bonds is 11. The van der Waals surface area contributed by atoms with Gasteiger partial charge in [0.2, 0.25) is 17.7 Å². The highest BCUT2D eigenvalue weighted by molar-refractivity contribution is 5.95. The number of hydrogen-bond acceptors (Lipinski definition) is 7. The first kappa shape index (κ1) is 34.3. The van der Waals surface area contributed by atoms with Crippen molar-refractivity contribution in [1.82, 2.24) is 16.0 Å². The van der Waals surface area contributed by atoms with Crippen LogP contribution in [0, 0.1) is 16.7 Å². The van der Waals surface area contributed by atoms with Crippen molar-refractivity contribution in [3.8, 4) is 0 Å². The van der Waals surface area contributed by atoms with Crippen LogP contribution < -0.4 is 26.6 Å². The number of nitrogens with zero attached hydrogens (tertiary/aromatic N) is 1. The minimum absolute atomic E-state index is 0.00960. The number of para-hydroxylation sites is 1. The number of aliphatic hydroxyl groups excluding tert-OH is 1. The molecule has 5 atom stereocenters. The number of nitrogens with one attached hydrogen (secondary N) is 3. The average molecular weight is 602 g/mol. The van der Waals surface area contributed by atoms with Crippen molar-refractivity contribution >= 4 is 29.5 Å². The van der Waals surface area contributed by atoms with Gasteiger partial charge in [-0.05, 0) is 55.1 Å². The number of aliphatic hydroxyl groups is 1. The Bertz CT molecular complexity index is 1150. The SMILES string of the molecule is COC(=O)NC1Cc2ccccc2N(C(=O)CC(C)(C)C[C@H](N)[C@@H](O)CNC(=O)C(C)(C)[C@H]2CCC[C@@H](NC(C)=O)C2)C1. The summed E-state index contributed by atoms with van der Waals surface area (Å²) in [7, 11) is 1.31. The summed E-state index contributed by atoms with van der Waals surface area (Å²) in [6, 6.07) is 6.77. The van der Waals surface area contributed by atoms with Crippen molar-refractivity contribution in [2.45, 2.75) is 104 Å². The third kappa shape index (κ3) is 9.40. The van der Waals surface area contributed by atoms with Crippen LogP contribution in [0.2, 0.25) is 0 Å². The third-order valence-electron chi connectivity index (χ3n) is 9.03. The van der Waals surface area contributed by atoms with Gasteiger partial charge in [0, 0.05) is 49.6 Å². The smallest absolute Gasteiger partial charge is 0.407 e. The van der Waals surface area contributed by atoms with Crippen LogP contribution in [0.3, 0.4) is 0 Å². The third-order valence-corrected chi connectivity index (χ3v) is 9.03. The highest BCUT2D eigenvalue weighted by Crippen LogP contribution is 2.39. The lowest BCUT2D eigenvalue weighted by molar-refractivity contribution is -0.133. The molecule has 3 rings (SSSR count). The summed E-state index contributed by atoms with van der Waals surface area (Å²) >= 11 is 0. The number of methoxy groups -OCH3 is 1. The molecule has 1 aromatic rings. The molecule has 0 aromatic heterocycles. The molecule has 0 spiro atoms. The van der Waals surface area contributed by atoms with E-state index in [1.165, 1.54) is 14.0 Å². The van der Waals surface area contributed by atoms with Gasteiger partial charge in [-0.3, -0.25) is 14.4 Å². The molecular formula is C32H51N5O6. The average Bonchev–Trinajstić information content (AvgIpc) is 2.94. The van der Waals surface area contributed by atoms with Gasteiger partial charge in [-0.1, -0.05) is 52.3 Å². The molecular weight excluding hydrogens is 550 g/mol. The number of amides is 4. The normalized spacial score (nSPS) is 22.0. The maximum Gasteiger partial charge on any atom is 0.407 e. The van der Waals surface area contributed by atoms with Crippen LogP contribution in [0.15, 0.2) is 24.3 Å². The van der Waals surface area contributed by atoms with E-state index in [9.17, 15) is 24.3 Å². The van der Waals surface area contributed by atoms with Gasteiger partial charge in [-0.15, -0.1) is 0 Å². The maximum absolute atomic E-state index is 13.6. The topological polar surface area (TPSA) is 163 Å². The number of nitrogens with two attached hydrogens (primary N) is 1. The monoisotopic (exact) mass is 601 g/mol. The quantitative estimate of drug-likeness (QED) is 0.260. The highest BCUT2D eigenvalue weighted by Gasteiger charge is 2.40. The van der Waals surface area contributed by atoms with Gasteiger partial charge in [0.15, 0.2) is 0 Å². The Hall–Kier alpha value is -3.18. The predicted octanol–water partition coefficient (Wildman–Crippen LogP) is 2.63. The molecule has 1 aliphatic carbocycles. The predicted molar refractivity (Wildman–Crippen MR) is 165 cm³/mol. The summed E-state index contributed by atoms with van der Waals surface area (Å²) in [6.45, 7) is 9.54. The van der Waals surface area contributed by atoms with E-state index in [4.69, 9.17) is 10.5 Å². The molecule has 1 aliphatic heterocycles. The molecule has 43 heavy (non-hydrogen) atoms. The Balaban J connectivity index is 1.55. The van der Waals surface area contributed by atoms with Crippen LogP contribution in [0.25, 0.3) is 0 Å². The lowest BCUT2D eigenvalue weighted by Gasteiger charge is -2.39. The van der Waals surface area contributed by atoms with Crippen LogP contribution in [-0.4, -0.2) is 73.4 Å². The molecule has 1 heterocycles. The Labute approximate surface area is 255 Å². The number of carbonyl (C=O) groups is 4. The van der Waals surface area contributed by atoms with E-state index in [2.05, 4.69) is 16.0 Å². The first-order chi connectivity index (χ1) is 20.1. The zero-order chi connectivity index (χ0) is 31.9. The summed E-state index contributed by atoms with van der Waals surface area (Å²) in [5.74, 6) is -0.206. The van der Waals surface area contributed by atoms with Crippen molar-refractivity contribution < 1.29 is 29.0 Å². The number of hydrogen-bond donors (Lipinski definition) is 5. The van der Waals surface area contributed by atoms with Gasteiger partial charge in [-0.2, -0.15) is 0 Å². The zero-order valence-electron chi connectivity index (χ0n) is 26.6. The fraction of sp³-hybridized carbons (Fsp3) is 0.688. The van der Waals surface area contributed by atoms with E-state index in [0.717, 1.165) is 36.9 Å². The van der Waals surface area contributed by atoms with E-state index in [0.29, 0.717) is 19.4 Å². The van der Waals surface area contributed by atoms with E-state index in [1.54, 1.807) is 4.90 Å². The number of benzene rings is 1. The van der Waals surface area contributed by atoms with Gasteiger partial charge >= 0.3 is 6.09 Å². The summed E-state index contributed by atoms with van der Waals surface area (Å²) in [4.78, 5) is 51.9. The molecule has 6 N–H and O–H groups in total. The first-order valence-corrected chi connectivity index (χ1v) is 15.3. The molecule has 0 saturated heterocycles. The van der Waals surface area contributed by atoms with Crippen molar-refractivity contribution in [3.63, 3.8) is 0 Å². The molecule has 0 bridgehead atoms. The van der Waals surface area contributed by atoms with E-state index in [1.807, 2.05) is 52.0 Å². The van der Waals surface area contributed by atoms with Crippen LogP contribution in [0.5, 0.6) is 0 Å². The summed E-state index contributed by atoms with van der Waals surface area (Å²) < 4.78 is 4.75. The first-order valence-electron chi connectivity index (χ1n) is 15.3. The molecule has 11 nitrogen and oxygen atoms in total. The minimum Gasteiger partial charge on any atom is -0.453 e. The van der Waals surface area contributed by atoms with Gasteiger partial charge in [0.05, 0.1) is 19.3 Å². The van der Waals surface area contributed by atoms with Gasteiger partial charge in [0.25, 0.3) is 0 Å². The number of alkyl carbamates (subject to hydrolysis) is 1. The summed E-state index contributed by atoms with van der Waals surface area (Å²) in [6.07, 6.45) is 3.11. The zero-order valence-corrected chi connectivity index (χ0v) is 26.6. The van der Waals surface area contributed by atoms with Crippen LogP contribution in [0.1, 0.15) is 78.7 Å². The van der Waals surface area contributed by atoms with Crippen LogP contribution in [0.4, 0.5) is 10.5 Å². The lowest BCUT2D eigenvalue weighted by Crippen LogP contribution is -2.52. The Morgan fingerprint density at radius 3 is 2.47 bits per heavy atom. The number of ether oxygens (including phenoxy) is 1. The van der Waals surface area contributed by atoms with E-state index in [-0.39, 0.29) is 48.7 Å². The fourth-order valence-corrected chi connectivity index (χ4v) is 6.53. The molecule has 2 aliphatic rings. The van der Waals surface area contributed by atoms with E-state index >= 15 is 0 Å². The largest absolute Gasteiger partial charge is 0.453 e. The summed E-state index contributed by atoms with van der Waals surface area (Å²) in [5, 5.41) is 19.6. The second-order valence-corrected chi connectivity index (χ2v) is 13.6. The summed E-state index contributed by atoms with van der Waals surface area (Å²) in [5.41, 5.74) is 6.98. The van der Waals surface area contributed by atoms with E-state index < -0.39 is 29.1 Å². The van der Waals surface area contributed by atoms with Crippen molar-refractivity contribution in [2.24, 2.45) is 22.5 Å². The van der Waals surface area contributed by atoms with Gasteiger partial charge < -0.3 is 36.4 Å². The number of carbonyl (C=O) groups excluding carboxylic acids is 4. The Morgan fingerprint density at radius 1 is 1.09 bits per heavy atom. The van der Waals surface area contributed by atoms with Gasteiger partial charge in [-0.25, -0.2) is 4.79 Å². The second-order valence-electron chi connectivity index (χ2n) is 13.6. The maximum atomic E-state index is 13.6. The number of anilines is 1. The molecule has 4 amide bonds. The Kier molecular flexibility index (Phi) is 11.6. The molecule has 1 fully saturated rings. The minimum atomic E-state index is -0.989. The van der Waals surface area contributed by atoms with Gasteiger partial charge in [0.1, 0.15) is 0 Å². The fourth-order valence-electron chi connectivity index (χ4n) is 6.53. The molecule has 11 heteroatoms. The van der Waals surface area contributed by atoms with Crippen LogP contribution >= 0.6 is 0 Å². The standard InChI is InChI=1S/C32H51N5O6/c1-20(38)35-23-12-9-11-22(15-23)32(4,5)29(41)34-18-27(39)25(33)16-31(2,3)17-28(40)37-19-24(36-30(42)43-6)14-21-10-7-8-13-26(21)37/h7-8,10,13,22-25,27,39H,9,11-12,14-19,33H2,1-6H3,(H,34,41)(H,35,38)(H,36,42)/t22-,23+,24?,25-,27-/m0/s1. The van der Waals surface area contributed by atoms with Crippen molar-refractivity contribution in [1.29, 1.82) is 0 Å². The molecule has 240 valence electrons. The molecule has 1 saturated carbocycles. The molecule has 0 radical (unpaired) electrons. The van der Waals surface area contributed by atoms with Crippen LogP contribution in [-0.2, 0) is 25.5 Å². The lowest BCUT2D eigenvalue weighted by atomic mass is 9.69. The van der Waals surface area contributed by atoms with Crippen molar-refractivity contribution in [2.75, 3.05) is 25.1 Å². The van der Waals surface area contributed by atoms with Crippen molar-refractivity contribution in [3.05, 3.63) is 29.8 Å². The molecule has 1 aromatic carbocycles. The second kappa shape index (κ2) is 14.5. The molecule has 1 unspecified atom stereocenters. The number of fused-ring (bicyclic) bond motifs is 1.